The number of nitrogens with one attached hydrogen (secondary N) is 9. The van der Waals surface area contributed by atoms with E-state index in [2.05, 4.69) is 47.5 Å². The van der Waals surface area contributed by atoms with E-state index in [-0.39, 0.29) is 31.1 Å². The predicted octanol–water partition coefficient (Wildman–Crippen LogP) is 3.21. The van der Waals surface area contributed by atoms with Gasteiger partial charge in [0.25, 0.3) is 0 Å². The van der Waals surface area contributed by atoms with Gasteiger partial charge in [-0.1, -0.05) is 159 Å². The molecule has 0 saturated carbocycles. The number of carbonyl (C=O) groups excluding carboxylic acids is 12. The van der Waals surface area contributed by atoms with Gasteiger partial charge >= 0.3 is 5.97 Å². The Kier molecular flexibility index (Phi) is 32.0. The van der Waals surface area contributed by atoms with Crippen LogP contribution in [0.25, 0.3) is 10.9 Å². The second kappa shape index (κ2) is 38.0. The van der Waals surface area contributed by atoms with Gasteiger partial charge in [-0.25, -0.2) is 4.79 Å². The number of hydrogen-bond acceptors (Lipinski definition) is 15. The van der Waals surface area contributed by atoms with Crippen molar-refractivity contribution in [2.75, 3.05) is 35.2 Å². The highest BCUT2D eigenvalue weighted by Gasteiger charge is 2.46. The van der Waals surface area contributed by atoms with Crippen LogP contribution in [0, 0.1) is 47.3 Å². The average Bonchev–Trinajstić information content (AvgIpc) is 1.80. The molecule has 1 saturated heterocycles. The highest BCUT2D eigenvalue weighted by molar-refractivity contribution is 6.00. The first-order valence-electron chi connectivity index (χ1n) is 35.4. The van der Waals surface area contributed by atoms with Crippen molar-refractivity contribution in [1.82, 2.24) is 67.1 Å². The molecule has 562 valence electrons. The number of esters is 1. The van der Waals surface area contributed by atoms with Crippen LogP contribution in [0.1, 0.15) is 142 Å². The van der Waals surface area contributed by atoms with Gasteiger partial charge in [-0.2, -0.15) is 0 Å². The lowest BCUT2D eigenvalue weighted by atomic mass is 9.95. The largest absolute Gasteiger partial charge is 0.458 e. The fourth-order valence-electron chi connectivity index (χ4n) is 12.7. The van der Waals surface area contributed by atoms with Gasteiger partial charge in [-0.05, 0) is 91.9 Å². The van der Waals surface area contributed by atoms with Crippen molar-refractivity contribution in [3.05, 3.63) is 71.9 Å². The molecular weight excluding hydrogens is 1290 g/mol. The summed E-state index contributed by atoms with van der Waals surface area (Å²) in [6, 6.07) is -0.592. The maximum atomic E-state index is 15.4. The van der Waals surface area contributed by atoms with Crippen LogP contribution >= 0.6 is 0 Å². The lowest BCUT2D eigenvalue weighted by Gasteiger charge is -2.39. The van der Waals surface area contributed by atoms with Crippen LogP contribution in [0.4, 0.5) is 0 Å². The molecule has 0 unspecified atom stereocenters. The Balaban J connectivity index is 2.02. The number of aromatic nitrogens is 1. The number of likely N-dealkylation sites (N-methyl/N-ethyl adjacent to an activating group) is 5. The summed E-state index contributed by atoms with van der Waals surface area (Å²) in [7, 11) is 7.01. The van der Waals surface area contributed by atoms with E-state index in [0.717, 1.165) is 15.8 Å². The lowest BCUT2D eigenvalue weighted by Crippen LogP contribution is -2.65. The predicted molar refractivity (Wildman–Crippen MR) is 385 cm³/mol. The van der Waals surface area contributed by atoms with E-state index >= 15 is 33.6 Å². The van der Waals surface area contributed by atoms with Crippen LogP contribution in [0.5, 0.6) is 0 Å². The smallest absolute Gasteiger partial charge is 0.329 e. The molecule has 10 N–H and O–H groups in total. The van der Waals surface area contributed by atoms with Crippen LogP contribution in [0.15, 0.2) is 60.8 Å². The third-order valence-electron chi connectivity index (χ3n) is 18.8. The number of hydrogen-bond donors (Lipinski definition) is 10. The van der Waals surface area contributed by atoms with Crippen LogP contribution in [-0.2, 0) is 75.1 Å². The molecular formula is C74H117N13O14. The van der Waals surface area contributed by atoms with Gasteiger partial charge < -0.3 is 77.0 Å². The summed E-state index contributed by atoms with van der Waals surface area (Å²) in [6.45, 7) is 29.9. The number of para-hydroxylation sites is 1. The van der Waals surface area contributed by atoms with E-state index in [1.54, 1.807) is 141 Å². The van der Waals surface area contributed by atoms with Gasteiger partial charge in [0.2, 0.25) is 65.0 Å². The molecule has 4 rings (SSSR count). The SMILES string of the molecule is CN[C@H](C(=O)N[C@H](C(=O)N[C@@H]1C(=O)N(C)[C@@H]([C@@H](C)O)C(=O)N[C@@H](C(C)C)C(=O)N(C)[C@@H](CC(C)C)C(=O)N[C@@H](C(C)C)C(=O)N(C)[C@@H](C(C)C)C(=O)N(C)[C@@H](Cc2c[nH]c3ccccc23)C(=O)N[C@@H](C(C)C)C(=O)N[C@@H](Cc2ccccc2)C(=O)N[C@@H](C(C)C)C(=O)O[C@@H]1C)C(C)C)C(C)C. The summed E-state index contributed by atoms with van der Waals surface area (Å²) in [4.78, 5) is 187. The third-order valence-corrected chi connectivity index (χ3v) is 18.8. The molecule has 1 aliphatic heterocycles. The zero-order chi connectivity index (χ0) is 76.5. The number of fused-ring (bicyclic) bond motifs is 1. The quantitative estimate of drug-likeness (QED) is 0.0771. The minimum atomic E-state index is -1.89. The van der Waals surface area contributed by atoms with Gasteiger partial charge in [0.05, 0.1) is 12.1 Å². The number of aromatic amines is 1. The Bertz CT molecular complexity index is 3350. The van der Waals surface area contributed by atoms with E-state index in [1.165, 1.54) is 56.7 Å². The van der Waals surface area contributed by atoms with Crippen LogP contribution < -0.4 is 42.5 Å². The zero-order valence-electron chi connectivity index (χ0n) is 63.6. The summed E-state index contributed by atoms with van der Waals surface area (Å²) in [5.74, 6) is -14.3. The lowest BCUT2D eigenvalue weighted by molar-refractivity contribution is -0.160. The van der Waals surface area contributed by atoms with Crippen molar-refractivity contribution < 1.29 is 67.4 Å². The standard InChI is InChI=1S/C74H117N13O14/c1-37(2)33-52-64(90)80-58(42(11)12)71(97)86(22)61(44(15)16)73(99)85(21)53(35-48-36-76-50-32-28-27-31-49(48)50)65(91)78-55(39(5)6)67(93)77-51(34-47-29-25-24-26-30-47)63(89)82-59(43(13)14)74(100)101-46(18)60(83-68(94)56(40(7)8)79-66(92)54(75-19)38(3)4)72(98)87(23)62(45(17)88)69(95)81-57(41(9)10)70(96)84(52)20/h24-32,36-46,51-62,75-76,88H,33-35H2,1-23H3,(H,77,93)(H,78,91)(H,79,92)(H,80,90)(H,81,95)(H,82,89)(H,83,94)/t45-,46-,51+,52+,53+,54+,55+,56+,57+,58+,59+,60+,61+,62+/m1/s1. The Hall–Kier alpha value is -8.46. The number of aliphatic hydroxyl groups is 1. The maximum Gasteiger partial charge on any atom is 0.329 e. The minimum absolute atomic E-state index is 0.0654. The summed E-state index contributed by atoms with van der Waals surface area (Å²) < 4.78 is 6.09. The van der Waals surface area contributed by atoms with Crippen LogP contribution in [-0.4, -0.2) is 221 Å². The molecule has 0 bridgehead atoms. The summed E-state index contributed by atoms with van der Waals surface area (Å²) in [5, 5.41) is 34.8. The molecule has 1 aliphatic rings. The fraction of sp³-hybridized carbons (Fsp3) is 0.649. The Morgan fingerprint density at radius 1 is 0.505 bits per heavy atom. The van der Waals surface area contributed by atoms with Crippen molar-refractivity contribution in [1.29, 1.82) is 0 Å². The van der Waals surface area contributed by atoms with E-state index in [9.17, 15) is 29.1 Å². The normalized spacial score (nSPS) is 25.0. The first-order chi connectivity index (χ1) is 47.1. The Morgan fingerprint density at radius 3 is 1.50 bits per heavy atom. The number of amides is 11. The molecule has 27 heteroatoms. The van der Waals surface area contributed by atoms with Crippen molar-refractivity contribution in [2.45, 2.75) is 229 Å². The van der Waals surface area contributed by atoms with E-state index in [1.807, 2.05) is 38.1 Å². The van der Waals surface area contributed by atoms with Crippen molar-refractivity contribution in [3.63, 3.8) is 0 Å². The first-order valence-corrected chi connectivity index (χ1v) is 35.4. The molecule has 0 spiro atoms. The average molecular weight is 1410 g/mol. The van der Waals surface area contributed by atoms with Crippen molar-refractivity contribution in [2.24, 2.45) is 47.3 Å². The fourth-order valence-corrected chi connectivity index (χ4v) is 12.7. The topological polar surface area (TPSA) is 359 Å². The molecule has 14 atom stereocenters. The molecule has 27 nitrogen and oxygen atoms in total. The van der Waals surface area contributed by atoms with E-state index in [4.69, 9.17) is 4.74 Å². The highest BCUT2D eigenvalue weighted by Crippen LogP contribution is 2.26. The Labute approximate surface area is 597 Å². The Morgan fingerprint density at radius 2 is 0.990 bits per heavy atom. The maximum absolute atomic E-state index is 15.4. The summed E-state index contributed by atoms with van der Waals surface area (Å²) in [5.41, 5.74) is 1.99. The van der Waals surface area contributed by atoms with Crippen LogP contribution in [0.3, 0.4) is 0 Å². The van der Waals surface area contributed by atoms with Gasteiger partial charge in [-0.3, -0.25) is 52.7 Å². The number of carbonyl (C=O) groups is 12. The molecule has 0 radical (unpaired) electrons. The second-order valence-corrected chi connectivity index (χ2v) is 29.9. The summed E-state index contributed by atoms with van der Waals surface area (Å²) >= 11 is 0. The van der Waals surface area contributed by atoms with Gasteiger partial charge in [-0.15, -0.1) is 0 Å². The molecule has 3 aromatic rings. The highest BCUT2D eigenvalue weighted by atomic mass is 16.5. The number of benzene rings is 2. The van der Waals surface area contributed by atoms with Gasteiger partial charge in [0, 0.05) is 58.1 Å². The monoisotopic (exact) mass is 1410 g/mol. The van der Waals surface area contributed by atoms with E-state index < -0.39 is 191 Å². The summed E-state index contributed by atoms with van der Waals surface area (Å²) in [6.07, 6.45) is -1.77. The minimum Gasteiger partial charge on any atom is -0.458 e. The molecule has 2 aromatic carbocycles. The number of H-pyrrole nitrogens is 1. The van der Waals surface area contributed by atoms with Gasteiger partial charge in [0.1, 0.15) is 72.6 Å². The molecule has 1 fully saturated rings. The van der Waals surface area contributed by atoms with Crippen molar-refractivity contribution in [3.8, 4) is 0 Å². The molecule has 101 heavy (non-hydrogen) atoms. The second-order valence-electron chi connectivity index (χ2n) is 29.9. The van der Waals surface area contributed by atoms with Crippen LogP contribution in [0.2, 0.25) is 0 Å². The molecule has 2 heterocycles. The molecule has 11 amide bonds. The van der Waals surface area contributed by atoms with Gasteiger partial charge in [0.15, 0.2) is 0 Å². The van der Waals surface area contributed by atoms with Crippen molar-refractivity contribution >= 4 is 81.9 Å². The molecule has 0 aliphatic carbocycles. The van der Waals surface area contributed by atoms with E-state index in [0.29, 0.717) is 11.1 Å². The first kappa shape index (κ1) is 85.0. The third kappa shape index (κ3) is 22.3. The number of cyclic esters (lactones) is 1. The zero-order valence-corrected chi connectivity index (χ0v) is 63.6. The molecule has 1 aromatic heterocycles. The number of nitrogens with zero attached hydrogens (tertiary/aromatic N) is 4. The number of ether oxygens (including phenoxy) is 1. The number of aliphatic hydroxyl groups excluding tert-OH is 1. The number of rotatable bonds is 19.